The molecule has 0 fully saturated rings. The fourth-order valence-electron chi connectivity index (χ4n) is 1.71. The SMILES string of the molecule is COC(=O)CCN(C)c1ccc(C(C)(C)C)cc1. The molecular weight excluding hydrogens is 226 g/mol. The molecule has 3 heteroatoms. The summed E-state index contributed by atoms with van der Waals surface area (Å²) in [5.74, 6) is -0.173. The van der Waals surface area contributed by atoms with Crippen LogP contribution in [-0.2, 0) is 14.9 Å². The van der Waals surface area contributed by atoms with Gasteiger partial charge in [-0.3, -0.25) is 4.79 Å². The first-order valence-electron chi connectivity index (χ1n) is 6.23. The molecule has 1 aromatic rings. The van der Waals surface area contributed by atoms with Crippen LogP contribution in [0.15, 0.2) is 24.3 Å². The van der Waals surface area contributed by atoms with E-state index in [2.05, 4.69) is 54.7 Å². The Kier molecular flexibility index (Phi) is 4.76. The molecule has 0 unspecified atom stereocenters. The van der Waals surface area contributed by atoms with Crippen molar-refractivity contribution >= 4 is 11.7 Å². The van der Waals surface area contributed by atoms with Gasteiger partial charge in [0, 0.05) is 19.3 Å². The number of ether oxygens (including phenoxy) is 1. The standard InChI is InChI=1S/C15H23NO2/c1-15(2,3)12-6-8-13(9-7-12)16(4)11-10-14(17)18-5/h6-9H,10-11H2,1-5H3. The van der Waals surface area contributed by atoms with E-state index in [4.69, 9.17) is 0 Å². The minimum absolute atomic E-state index is 0.170. The number of rotatable bonds is 4. The zero-order valence-electron chi connectivity index (χ0n) is 12.0. The number of hydrogen-bond donors (Lipinski definition) is 0. The molecule has 0 aliphatic carbocycles. The maximum atomic E-state index is 11.1. The van der Waals surface area contributed by atoms with Crippen LogP contribution in [0.4, 0.5) is 5.69 Å². The number of methoxy groups -OCH3 is 1. The molecule has 0 amide bonds. The first kappa shape index (κ1) is 14.6. The monoisotopic (exact) mass is 249 g/mol. The molecule has 3 nitrogen and oxygen atoms in total. The van der Waals surface area contributed by atoms with Crippen molar-refractivity contribution in [3.8, 4) is 0 Å². The lowest BCUT2D eigenvalue weighted by molar-refractivity contribution is -0.140. The molecule has 0 bridgehead atoms. The van der Waals surface area contributed by atoms with Crippen molar-refractivity contribution in [1.82, 2.24) is 0 Å². The predicted octanol–water partition coefficient (Wildman–Crippen LogP) is 2.98. The summed E-state index contributed by atoms with van der Waals surface area (Å²) in [7, 11) is 3.40. The zero-order valence-corrected chi connectivity index (χ0v) is 12.0. The maximum absolute atomic E-state index is 11.1. The first-order chi connectivity index (χ1) is 8.34. The van der Waals surface area contributed by atoms with Gasteiger partial charge in [0.1, 0.15) is 0 Å². The Bertz CT molecular complexity index is 390. The van der Waals surface area contributed by atoms with Gasteiger partial charge in [0.05, 0.1) is 13.5 Å². The number of hydrogen-bond acceptors (Lipinski definition) is 3. The Balaban J connectivity index is 2.65. The van der Waals surface area contributed by atoms with Crippen LogP contribution < -0.4 is 4.90 Å². The Morgan fingerprint density at radius 3 is 2.22 bits per heavy atom. The van der Waals surface area contributed by atoms with Gasteiger partial charge in [-0.1, -0.05) is 32.9 Å². The van der Waals surface area contributed by atoms with Gasteiger partial charge < -0.3 is 9.64 Å². The Hall–Kier alpha value is -1.51. The van der Waals surface area contributed by atoms with Crippen LogP contribution in [0.5, 0.6) is 0 Å². The summed E-state index contributed by atoms with van der Waals surface area (Å²) in [5, 5.41) is 0. The first-order valence-corrected chi connectivity index (χ1v) is 6.23. The number of carbonyl (C=O) groups excluding carboxylic acids is 1. The predicted molar refractivity (Wildman–Crippen MR) is 75.0 cm³/mol. The largest absolute Gasteiger partial charge is 0.469 e. The highest BCUT2D eigenvalue weighted by molar-refractivity contribution is 5.70. The number of benzene rings is 1. The van der Waals surface area contributed by atoms with Gasteiger partial charge in [-0.2, -0.15) is 0 Å². The molecule has 0 radical (unpaired) electrons. The third-order valence-electron chi connectivity index (χ3n) is 3.05. The van der Waals surface area contributed by atoms with Crippen molar-refractivity contribution < 1.29 is 9.53 Å². The Labute approximate surface area is 110 Å². The molecule has 0 aliphatic rings. The van der Waals surface area contributed by atoms with Gasteiger partial charge in [-0.25, -0.2) is 0 Å². The van der Waals surface area contributed by atoms with Crippen molar-refractivity contribution in [2.24, 2.45) is 0 Å². The van der Waals surface area contributed by atoms with E-state index in [9.17, 15) is 4.79 Å². The van der Waals surface area contributed by atoms with Gasteiger partial charge in [-0.15, -0.1) is 0 Å². The van der Waals surface area contributed by atoms with Gasteiger partial charge in [0.15, 0.2) is 0 Å². The topological polar surface area (TPSA) is 29.5 Å². The lowest BCUT2D eigenvalue weighted by Crippen LogP contribution is -2.21. The van der Waals surface area contributed by atoms with Crippen LogP contribution in [0.1, 0.15) is 32.8 Å². The second kappa shape index (κ2) is 5.89. The van der Waals surface area contributed by atoms with E-state index in [1.54, 1.807) is 0 Å². The number of nitrogens with zero attached hydrogens (tertiary/aromatic N) is 1. The molecule has 0 saturated carbocycles. The van der Waals surface area contributed by atoms with Crippen LogP contribution in [0.25, 0.3) is 0 Å². The molecular formula is C15H23NO2. The smallest absolute Gasteiger partial charge is 0.307 e. The highest BCUT2D eigenvalue weighted by Crippen LogP contribution is 2.24. The minimum atomic E-state index is -0.173. The van der Waals surface area contributed by atoms with E-state index in [0.717, 1.165) is 5.69 Å². The van der Waals surface area contributed by atoms with Gasteiger partial charge in [0.25, 0.3) is 0 Å². The molecule has 1 rings (SSSR count). The summed E-state index contributed by atoms with van der Waals surface area (Å²) < 4.78 is 4.63. The molecule has 0 aliphatic heterocycles. The summed E-state index contributed by atoms with van der Waals surface area (Å²) in [6.45, 7) is 7.26. The maximum Gasteiger partial charge on any atom is 0.307 e. The zero-order chi connectivity index (χ0) is 13.8. The van der Waals surface area contributed by atoms with E-state index in [0.29, 0.717) is 13.0 Å². The lowest BCUT2D eigenvalue weighted by atomic mass is 9.87. The fraction of sp³-hybridized carbons (Fsp3) is 0.533. The molecule has 0 saturated heterocycles. The normalized spacial score (nSPS) is 11.2. The number of anilines is 1. The van der Waals surface area contributed by atoms with E-state index in [1.807, 2.05) is 7.05 Å². The molecule has 100 valence electrons. The third-order valence-corrected chi connectivity index (χ3v) is 3.05. The summed E-state index contributed by atoms with van der Waals surface area (Å²) in [6.07, 6.45) is 0.411. The number of esters is 1. The Morgan fingerprint density at radius 2 is 1.78 bits per heavy atom. The van der Waals surface area contributed by atoms with E-state index < -0.39 is 0 Å². The second-order valence-corrected chi connectivity index (χ2v) is 5.54. The molecule has 0 atom stereocenters. The highest BCUT2D eigenvalue weighted by Gasteiger charge is 2.13. The lowest BCUT2D eigenvalue weighted by Gasteiger charge is -2.22. The molecule has 0 heterocycles. The summed E-state index contributed by atoms with van der Waals surface area (Å²) in [5.41, 5.74) is 2.60. The van der Waals surface area contributed by atoms with Crippen LogP contribution in [0.3, 0.4) is 0 Å². The molecule has 18 heavy (non-hydrogen) atoms. The van der Waals surface area contributed by atoms with Gasteiger partial charge in [-0.05, 0) is 23.1 Å². The van der Waals surface area contributed by atoms with Crippen molar-refractivity contribution in [2.45, 2.75) is 32.6 Å². The average Bonchev–Trinajstić information content (AvgIpc) is 2.34. The molecule has 0 aromatic heterocycles. The van der Waals surface area contributed by atoms with Crippen molar-refractivity contribution in [3.05, 3.63) is 29.8 Å². The van der Waals surface area contributed by atoms with Crippen LogP contribution in [0.2, 0.25) is 0 Å². The van der Waals surface area contributed by atoms with E-state index in [1.165, 1.54) is 12.7 Å². The Morgan fingerprint density at radius 1 is 1.22 bits per heavy atom. The summed E-state index contributed by atoms with van der Waals surface area (Å²) in [6, 6.07) is 8.48. The summed E-state index contributed by atoms with van der Waals surface area (Å²) >= 11 is 0. The van der Waals surface area contributed by atoms with Crippen LogP contribution >= 0.6 is 0 Å². The highest BCUT2D eigenvalue weighted by atomic mass is 16.5. The third kappa shape index (κ3) is 4.06. The van der Waals surface area contributed by atoms with Gasteiger partial charge in [0.2, 0.25) is 0 Å². The van der Waals surface area contributed by atoms with Crippen LogP contribution in [0, 0.1) is 0 Å². The second-order valence-electron chi connectivity index (χ2n) is 5.54. The van der Waals surface area contributed by atoms with Gasteiger partial charge >= 0.3 is 5.97 Å². The average molecular weight is 249 g/mol. The minimum Gasteiger partial charge on any atom is -0.469 e. The molecule has 1 aromatic carbocycles. The molecule has 0 spiro atoms. The molecule has 0 N–H and O–H groups in total. The van der Waals surface area contributed by atoms with E-state index >= 15 is 0 Å². The van der Waals surface area contributed by atoms with Crippen molar-refractivity contribution in [3.63, 3.8) is 0 Å². The van der Waals surface area contributed by atoms with Crippen molar-refractivity contribution in [2.75, 3.05) is 25.6 Å². The quantitative estimate of drug-likeness (QED) is 0.768. The fourth-order valence-corrected chi connectivity index (χ4v) is 1.71. The van der Waals surface area contributed by atoms with Crippen molar-refractivity contribution in [1.29, 1.82) is 0 Å². The van der Waals surface area contributed by atoms with E-state index in [-0.39, 0.29) is 11.4 Å². The summed E-state index contributed by atoms with van der Waals surface area (Å²) in [4.78, 5) is 13.1. The van der Waals surface area contributed by atoms with Crippen LogP contribution in [-0.4, -0.2) is 26.7 Å². The number of carbonyl (C=O) groups is 1.